The number of aryl methyl sites for hydroxylation is 1. The number of aliphatic imine (C=N–C) groups is 1. The van der Waals surface area contributed by atoms with E-state index in [-0.39, 0.29) is 11.6 Å². The fourth-order valence-electron chi connectivity index (χ4n) is 1.48. The molecule has 1 N–H and O–H groups in total. The summed E-state index contributed by atoms with van der Waals surface area (Å²) >= 11 is 3.52. The summed E-state index contributed by atoms with van der Waals surface area (Å²) in [6, 6.07) is 0.155. The summed E-state index contributed by atoms with van der Waals surface area (Å²) < 4.78 is 0. The highest BCUT2D eigenvalue weighted by Gasteiger charge is 2.27. The highest BCUT2D eigenvalue weighted by atomic mass is 32.2. The molecule has 1 saturated heterocycles. The van der Waals surface area contributed by atoms with Gasteiger partial charge in [-0.3, -0.25) is 4.99 Å². The van der Waals surface area contributed by atoms with Crippen LogP contribution in [-0.4, -0.2) is 21.4 Å². The minimum Gasteiger partial charge on any atom is -0.359 e. The third kappa shape index (κ3) is 2.77. The number of nitrogens with one attached hydrogen (secondary N) is 1. The lowest BCUT2D eigenvalue weighted by molar-refractivity contribution is 0.535. The third-order valence-electron chi connectivity index (χ3n) is 2.32. The second-order valence-electron chi connectivity index (χ2n) is 4.72. The first-order valence-corrected chi connectivity index (χ1v) is 7.18. The van der Waals surface area contributed by atoms with Gasteiger partial charge in [0.2, 0.25) is 0 Å². The van der Waals surface area contributed by atoms with Crippen LogP contribution >= 0.6 is 23.1 Å². The number of thiazole rings is 1. The first kappa shape index (κ1) is 11.9. The highest BCUT2D eigenvalue weighted by Crippen LogP contribution is 2.27. The van der Waals surface area contributed by atoms with E-state index in [1.54, 1.807) is 23.1 Å². The van der Waals surface area contributed by atoms with Crippen molar-refractivity contribution in [3.05, 3.63) is 16.1 Å². The zero-order valence-corrected chi connectivity index (χ0v) is 11.7. The van der Waals surface area contributed by atoms with Gasteiger partial charge in [0.05, 0.1) is 0 Å². The Kier molecular flexibility index (Phi) is 3.26. The molecule has 1 aliphatic rings. The number of thioether (sulfide) groups is 1. The summed E-state index contributed by atoms with van der Waals surface area (Å²) in [5.74, 6) is 1.08. The van der Waals surface area contributed by atoms with Gasteiger partial charge >= 0.3 is 0 Å². The molecule has 1 aromatic rings. The van der Waals surface area contributed by atoms with Gasteiger partial charge in [0.1, 0.15) is 11.0 Å². The van der Waals surface area contributed by atoms with Crippen LogP contribution in [0.15, 0.2) is 11.2 Å². The maximum absolute atomic E-state index is 4.67. The van der Waals surface area contributed by atoms with Gasteiger partial charge in [-0.1, -0.05) is 11.8 Å². The van der Waals surface area contributed by atoms with Gasteiger partial charge < -0.3 is 5.32 Å². The minimum absolute atomic E-state index is 0.155. The van der Waals surface area contributed by atoms with Crippen LogP contribution < -0.4 is 5.32 Å². The van der Waals surface area contributed by atoms with Crippen LogP contribution in [0, 0.1) is 6.92 Å². The van der Waals surface area contributed by atoms with Gasteiger partial charge in [-0.15, -0.1) is 11.3 Å². The summed E-state index contributed by atoms with van der Waals surface area (Å²) in [5, 5.41) is 5.57. The normalized spacial score (nSPS) is 23.4. The van der Waals surface area contributed by atoms with E-state index in [1.165, 1.54) is 4.88 Å². The molecule has 2 rings (SSSR count). The number of rotatable bonds is 2. The Morgan fingerprint density at radius 1 is 1.56 bits per heavy atom. The molecule has 1 atom stereocenters. The van der Waals surface area contributed by atoms with E-state index in [1.807, 2.05) is 6.20 Å². The molecular weight excluding hydrogens is 238 g/mol. The molecular formula is C11H17N3S2. The molecule has 0 aliphatic carbocycles. The number of nitrogens with zero attached hydrogens (tertiary/aromatic N) is 2. The maximum atomic E-state index is 4.67. The Labute approximate surface area is 105 Å². The summed E-state index contributed by atoms with van der Waals surface area (Å²) in [7, 11) is 0. The molecule has 0 amide bonds. The maximum Gasteiger partial charge on any atom is 0.157 e. The van der Waals surface area contributed by atoms with Gasteiger partial charge in [-0.25, -0.2) is 4.98 Å². The van der Waals surface area contributed by atoms with Crippen LogP contribution in [0.3, 0.4) is 0 Å². The summed E-state index contributed by atoms with van der Waals surface area (Å²) in [5.41, 5.74) is 0.169. The molecule has 1 unspecified atom stereocenters. The number of hydrogen-bond acceptors (Lipinski definition) is 4. The Morgan fingerprint density at radius 2 is 2.31 bits per heavy atom. The second-order valence-corrected chi connectivity index (χ2v) is 6.95. The van der Waals surface area contributed by atoms with Crippen molar-refractivity contribution < 1.29 is 0 Å². The molecule has 88 valence electrons. The van der Waals surface area contributed by atoms with Crippen LogP contribution in [0.25, 0.3) is 0 Å². The Bertz CT molecular complexity index is 409. The topological polar surface area (TPSA) is 37.3 Å². The van der Waals surface area contributed by atoms with E-state index in [2.05, 4.69) is 43.0 Å². The molecule has 1 fully saturated rings. The van der Waals surface area contributed by atoms with Gasteiger partial charge in [0.25, 0.3) is 0 Å². The molecule has 0 spiro atoms. The quantitative estimate of drug-likeness (QED) is 0.882. The molecule has 0 radical (unpaired) electrons. The average molecular weight is 255 g/mol. The van der Waals surface area contributed by atoms with E-state index in [9.17, 15) is 0 Å². The highest BCUT2D eigenvalue weighted by molar-refractivity contribution is 8.14. The van der Waals surface area contributed by atoms with Crippen molar-refractivity contribution in [2.75, 3.05) is 5.75 Å². The zero-order chi connectivity index (χ0) is 11.8. The minimum atomic E-state index is 0.155. The number of aromatic nitrogens is 1. The third-order valence-corrected chi connectivity index (χ3v) is 4.75. The van der Waals surface area contributed by atoms with Crippen molar-refractivity contribution >= 4 is 28.3 Å². The van der Waals surface area contributed by atoms with Crippen LogP contribution in [0.2, 0.25) is 0 Å². The molecule has 16 heavy (non-hydrogen) atoms. The lowest BCUT2D eigenvalue weighted by Gasteiger charge is -2.16. The molecule has 1 aliphatic heterocycles. The van der Waals surface area contributed by atoms with Crippen LogP contribution in [0.1, 0.15) is 36.7 Å². The van der Waals surface area contributed by atoms with E-state index < -0.39 is 0 Å². The Balaban J connectivity index is 2.07. The van der Waals surface area contributed by atoms with Crippen molar-refractivity contribution in [2.45, 2.75) is 39.3 Å². The van der Waals surface area contributed by atoms with Gasteiger partial charge in [0.15, 0.2) is 5.17 Å². The van der Waals surface area contributed by atoms with Gasteiger partial charge in [-0.05, 0) is 27.7 Å². The van der Waals surface area contributed by atoms with E-state index in [0.717, 1.165) is 15.9 Å². The molecule has 2 heterocycles. The van der Waals surface area contributed by atoms with Crippen LogP contribution in [0.4, 0.5) is 0 Å². The fraction of sp³-hybridized carbons (Fsp3) is 0.636. The van der Waals surface area contributed by atoms with Crippen LogP contribution in [0.5, 0.6) is 0 Å². The summed E-state index contributed by atoms with van der Waals surface area (Å²) in [6.07, 6.45) is 1.91. The van der Waals surface area contributed by atoms with Crippen molar-refractivity contribution in [3.63, 3.8) is 0 Å². The molecule has 0 bridgehead atoms. The molecule has 3 nitrogen and oxygen atoms in total. The zero-order valence-electron chi connectivity index (χ0n) is 10.1. The number of hydrogen-bond donors (Lipinski definition) is 1. The SMILES string of the molecule is Cc1cnc(C(C)N=C2NC(C)(C)CS2)s1. The van der Waals surface area contributed by atoms with E-state index in [0.29, 0.717) is 0 Å². The predicted octanol–water partition coefficient (Wildman–Crippen LogP) is 2.98. The standard InChI is InChI=1S/C11H17N3S2/c1-7-5-12-9(16-7)8(2)13-10-14-11(3,4)6-15-10/h5,8H,6H2,1-4H3,(H,13,14). The predicted molar refractivity (Wildman–Crippen MR) is 72.4 cm³/mol. The fourth-order valence-corrected chi connectivity index (χ4v) is 3.39. The lowest BCUT2D eigenvalue weighted by Crippen LogP contribution is -2.37. The monoisotopic (exact) mass is 255 g/mol. The van der Waals surface area contributed by atoms with Crippen molar-refractivity contribution in [1.29, 1.82) is 0 Å². The molecule has 0 aromatic carbocycles. The van der Waals surface area contributed by atoms with Gasteiger partial charge in [0, 0.05) is 22.4 Å². The van der Waals surface area contributed by atoms with Crippen molar-refractivity contribution in [3.8, 4) is 0 Å². The first-order chi connectivity index (χ1) is 7.46. The summed E-state index contributed by atoms with van der Waals surface area (Å²) in [6.45, 7) is 8.56. The summed E-state index contributed by atoms with van der Waals surface area (Å²) in [4.78, 5) is 10.3. The smallest absolute Gasteiger partial charge is 0.157 e. The molecule has 1 aromatic heterocycles. The molecule has 5 heteroatoms. The molecule has 0 saturated carbocycles. The largest absolute Gasteiger partial charge is 0.359 e. The van der Waals surface area contributed by atoms with Crippen molar-refractivity contribution in [2.24, 2.45) is 4.99 Å². The second kappa shape index (κ2) is 4.37. The van der Waals surface area contributed by atoms with Crippen LogP contribution in [-0.2, 0) is 0 Å². The Morgan fingerprint density at radius 3 is 2.81 bits per heavy atom. The number of amidine groups is 1. The van der Waals surface area contributed by atoms with E-state index in [4.69, 9.17) is 0 Å². The first-order valence-electron chi connectivity index (χ1n) is 5.37. The van der Waals surface area contributed by atoms with E-state index >= 15 is 0 Å². The lowest BCUT2D eigenvalue weighted by atomic mass is 10.1. The van der Waals surface area contributed by atoms with Crippen molar-refractivity contribution in [1.82, 2.24) is 10.3 Å². The van der Waals surface area contributed by atoms with Gasteiger partial charge in [-0.2, -0.15) is 0 Å². The average Bonchev–Trinajstić information content (AvgIpc) is 2.73. The Hall–Kier alpha value is -0.550.